The lowest BCUT2D eigenvalue weighted by atomic mass is 10.2. The molecule has 0 aliphatic heterocycles. The van der Waals surface area contributed by atoms with Gasteiger partial charge in [-0.3, -0.25) is 9.63 Å². The molecule has 0 bridgehead atoms. The van der Waals surface area contributed by atoms with Gasteiger partial charge in [-0.25, -0.2) is 5.48 Å². The van der Waals surface area contributed by atoms with E-state index in [0.717, 1.165) is 17.7 Å². The number of hydrogen-bond donors (Lipinski definition) is 1. The molecule has 0 radical (unpaired) electrons. The molecule has 0 unspecified atom stereocenters. The Balaban J connectivity index is 1.85. The first-order chi connectivity index (χ1) is 10.4. The van der Waals surface area contributed by atoms with E-state index >= 15 is 0 Å². The molecule has 0 aliphatic carbocycles. The second-order valence-corrected chi connectivity index (χ2v) is 4.28. The fraction of sp³-hybridized carbons (Fsp3) is 0.133. The topological polar surface area (TPSA) is 47.6 Å². The van der Waals surface area contributed by atoms with Crippen LogP contribution in [0.15, 0.2) is 54.6 Å². The van der Waals surface area contributed by atoms with Gasteiger partial charge in [0.15, 0.2) is 0 Å². The van der Waals surface area contributed by atoms with Gasteiger partial charge >= 0.3 is 6.36 Å². The van der Waals surface area contributed by atoms with Crippen LogP contribution < -0.4 is 10.2 Å². The Hall–Kier alpha value is -2.54. The Morgan fingerprint density at radius 2 is 1.64 bits per heavy atom. The Labute approximate surface area is 124 Å². The highest BCUT2D eigenvalue weighted by atomic mass is 19.4. The number of hydroxylamine groups is 1. The molecule has 0 saturated carbocycles. The van der Waals surface area contributed by atoms with Gasteiger partial charge in [-0.2, -0.15) is 0 Å². The number of alkyl halides is 3. The Morgan fingerprint density at radius 1 is 1.00 bits per heavy atom. The average Bonchev–Trinajstić information content (AvgIpc) is 2.47. The summed E-state index contributed by atoms with van der Waals surface area (Å²) in [6.07, 6.45) is -4.76. The van der Waals surface area contributed by atoms with Crippen LogP contribution in [0.5, 0.6) is 5.75 Å². The van der Waals surface area contributed by atoms with Crippen molar-refractivity contribution in [2.45, 2.75) is 13.0 Å². The zero-order chi connectivity index (χ0) is 16.0. The summed E-state index contributed by atoms with van der Waals surface area (Å²) in [4.78, 5) is 16.8. The van der Waals surface area contributed by atoms with Gasteiger partial charge in [0.25, 0.3) is 5.91 Å². The van der Waals surface area contributed by atoms with Crippen LogP contribution in [0.25, 0.3) is 0 Å². The smallest absolute Gasteiger partial charge is 0.406 e. The lowest BCUT2D eigenvalue weighted by Crippen LogP contribution is -2.23. The van der Waals surface area contributed by atoms with Crippen LogP contribution in [0, 0.1) is 0 Å². The van der Waals surface area contributed by atoms with Gasteiger partial charge in [0, 0.05) is 5.56 Å². The molecular formula is C15H12F3NO3. The Morgan fingerprint density at radius 3 is 2.23 bits per heavy atom. The summed E-state index contributed by atoms with van der Waals surface area (Å²) in [6.45, 7) is 0.182. The highest BCUT2D eigenvalue weighted by Gasteiger charge is 2.31. The summed E-state index contributed by atoms with van der Waals surface area (Å²) in [5.74, 6) is -0.955. The number of hydrogen-bond acceptors (Lipinski definition) is 3. The molecule has 0 aliphatic rings. The second-order valence-electron chi connectivity index (χ2n) is 4.28. The molecule has 22 heavy (non-hydrogen) atoms. The van der Waals surface area contributed by atoms with Gasteiger partial charge in [-0.05, 0) is 29.8 Å². The van der Waals surface area contributed by atoms with E-state index in [1.807, 2.05) is 30.3 Å². The number of ether oxygens (including phenoxy) is 1. The van der Waals surface area contributed by atoms with Crippen molar-refractivity contribution < 1.29 is 27.5 Å². The molecule has 0 fully saturated rings. The third-order valence-corrected chi connectivity index (χ3v) is 2.60. The van der Waals surface area contributed by atoms with Crippen molar-refractivity contribution in [1.29, 1.82) is 0 Å². The zero-order valence-corrected chi connectivity index (χ0v) is 11.3. The van der Waals surface area contributed by atoms with Gasteiger partial charge in [0.05, 0.1) is 6.61 Å². The summed E-state index contributed by atoms with van der Waals surface area (Å²) >= 11 is 0. The maximum absolute atomic E-state index is 12.0. The standard InChI is InChI=1S/C15H12F3NO3/c16-15(17,18)22-13-8-6-12(7-9-13)14(20)19-21-10-11-4-2-1-3-5-11/h1-9H,10H2,(H,19,20). The molecule has 1 amide bonds. The highest BCUT2D eigenvalue weighted by Crippen LogP contribution is 2.22. The SMILES string of the molecule is O=C(NOCc1ccccc1)c1ccc(OC(F)(F)F)cc1. The lowest BCUT2D eigenvalue weighted by Gasteiger charge is -2.09. The van der Waals surface area contributed by atoms with E-state index in [9.17, 15) is 18.0 Å². The van der Waals surface area contributed by atoms with Crippen LogP contribution >= 0.6 is 0 Å². The van der Waals surface area contributed by atoms with Gasteiger partial charge in [-0.15, -0.1) is 13.2 Å². The first-order valence-electron chi connectivity index (χ1n) is 6.26. The van der Waals surface area contributed by atoms with Crippen LogP contribution in [-0.4, -0.2) is 12.3 Å². The van der Waals surface area contributed by atoms with Crippen molar-refractivity contribution in [2.24, 2.45) is 0 Å². The minimum Gasteiger partial charge on any atom is -0.406 e. The molecule has 0 heterocycles. The minimum absolute atomic E-state index is 0.155. The van der Waals surface area contributed by atoms with E-state index in [-0.39, 0.29) is 12.2 Å². The minimum atomic E-state index is -4.76. The molecule has 0 atom stereocenters. The molecule has 116 valence electrons. The number of benzene rings is 2. The van der Waals surface area contributed by atoms with E-state index in [0.29, 0.717) is 0 Å². The lowest BCUT2D eigenvalue weighted by molar-refractivity contribution is -0.274. The first kappa shape index (κ1) is 15.8. The molecule has 0 aromatic heterocycles. The summed E-state index contributed by atoms with van der Waals surface area (Å²) in [5.41, 5.74) is 3.24. The zero-order valence-electron chi connectivity index (χ0n) is 11.3. The molecule has 2 aromatic carbocycles. The summed E-state index contributed by atoms with van der Waals surface area (Å²) in [6, 6.07) is 13.7. The normalized spacial score (nSPS) is 11.0. The van der Waals surface area contributed by atoms with Crippen LogP contribution in [-0.2, 0) is 11.4 Å². The van der Waals surface area contributed by atoms with E-state index in [1.165, 1.54) is 12.1 Å². The van der Waals surface area contributed by atoms with E-state index < -0.39 is 18.0 Å². The fourth-order valence-corrected chi connectivity index (χ4v) is 1.63. The van der Waals surface area contributed by atoms with Crippen molar-refractivity contribution >= 4 is 5.91 Å². The monoisotopic (exact) mass is 311 g/mol. The van der Waals surface area contributed by atoms with Crippen LogP contribution in [0.2, 0.25) is 0 Å². The third-order valence-electron chi connectivity index (χ3n) is 2.60. The Kier molecular flexibility index (Phi) is 5.00. The summed E-state index contributed by atoms with van der Waals surface area (Å²) < 4.78 is 39.7. The molecule has 0 saturated heterocycles. The first-order valence-corrected chi connectivity index (χ1v) is 6.26. The van der Waals surface area contributed by atoms with E-state index in [2.05, 4.69) is 10.2 Å². The number of amides is 1. The molecule has 2 rings (SSSR count). The molecule has 7 heteroatoms. The van der Waals surface area contributed by atoms with Crippen LogP contribution in [0.1, 0.15) is 15.9 Å². The van der Waals surface area contributed by atoms with E-state index in [1.54, 1.807) is 0 Å². The Bertz CT molecular complexity index is 612. The summed E-state index contributed by atoms with van der Waals surface area (Å²) in [7, 11) is 0. The predicted molar refractivity (Wildman–Crippen MR) is 71.8 cm³/mol. The number of carbonyl (C=O) groups is 1. The van der Waals surface area contributed by atoms with Gasteiger partial charge < -0.3 is 4.74 Å². The maximum atomic E-state index is 12.0. The predicted octanol–water partition coefficient (Wildman–Crippen LogP) is 3.45. The van der Waals surface area contributed by atoms with Gasteiger partial charge in [-0.1, -0.05) is 30.3 Å². The van der Waals surface area contributed by atoms with Crippen LogP contribution in [0.4, 0.5) is 13.2 Å². The molecule has 1 N–H and O–H groups in total. The maximum Gasteiger partial charge on any atom is 0.573 e. The molecule has 0 spiro atoms. The number of halogens is 3. The molecule has 4 nitrogen and oxygen atoms in total. The van der Waals surface area contributed by atoms with E-state index in [4.69, 9.17) is 4.84 Å². The third kappa shape index (κ3) is 5.10. The highest BCUT2D eigenvalue weighted by molar-refractivity contribution is 5.93. The number of nitrogens with one attached hydrogen (secondary N) is 1. The largest absolute Gasteiger partial charge is 0.573 e. The molecule has 2 aromatic rings. The van der Waals surface area contributed by atoms with Crippen molar-refractivity contribution in [3.63, 3.8) is 0 Å². The second kappa shape index (κ2) is 6.95. The van der Waals surface area contributed by atoms with Crippen molar-refractivity contribution in [1.82, 2.24) is 5.48 Å². The quantitative estimate of drug-likeness (QED) is 0.860. The van der Waals surface area contributed by atoms with Gasteiger partial charge in [0.2, 0.25) is 0 Å². The number of carbonyl (C=O) groups excluding carboxylic acids is 1. The van der Waals surface area contributed by atoms with Crippen molar-refractivity contribution in [3.8, 4) is 5.75 Å². The van der Waals surface area contributed by atoms with Crippen LogP contribution in [0.3, 0.4) is 0 Å². The van der Waals surface area contributed by atoms with Crippen molar-refractivity contribution in [2.75, 3.05) is 0 Å². The summed E-state index contributed by atoms with van der Waals surface area (Å²) in [5, 5.41) is 0. The number of rotatable bonds is 5. The molecular weight excluding hydrogens is 299 g/mol. The average molecular weight is 311 g/mol. The fourth-order valence-electron chi connectivity index (χ4n) is 1.63. The van der Waals surface area contributed by atoms with Gasteiger partial charge in [0.1, 0.15) is 5.75 Å². The van der Waals surface area contributed by atoms with Crippen molar-refractivity contribution in [3.05, 3.63) is 65.7 Å².